The zero-order chi connectivity index (χ0) is 19.5. The van der Waals surface area contributed by atoms with Gasteiger partial charge in [0.1, 0.15) is 0 Å². The number of amides is 1. The highest BCUT2D eigenvalue weighted by atomic mass is 32.1. The average Bonchev–Trinajstić information content (AvgIpc) is 3.35. The van der Waals surface area contributed by atoms with Gasteiger partial charge in [0.05, 0.1) is 24.2 Å². The Morgan fingerprint density at radius 1 is 1.18 bits per heavy atom. The number of aryl methyl sites for hydroxylation is 1. The molecule has 0 atom stereocenters. The zero-order valence-electron chi connectivity index (χ0n) is 16.0. The molecule has 1 saturated heterocycles. The molecule has 1 aliphatic heterocycles. The molecule has 1 aromatic carbocycles. The van der Waals surface area contributed by atoms with E-state index in [1.165, 1.54) is 0 Å². The number of carbonyl (C=O) groups is 1. The molecule has 3 heterocycles. The van der Waals surface area contributed by atoms with Crippen LogP contribution in [0.5, 0.6) is 5.75 Å². The summed E-state index contributed by atoms with van der Waals surface area (Å²) in [7, 11) is 0. The second-order valence-electron chi connectivity index (χ2n) is 6.61. The van der Waals surface area contributed by atoms with Gasteiger partial charge >= 0.3 is 0 Å². The highest BCUT2D eigenvalue weighted by Crippen LogP contribution is 2.24. The number of carbonyl (C=O) groups excluding carboxylic acids is 1. The van der Waals surface area contributed by atoms with Crippen molar-refractivity contribution >= 4 is 22.4 Å². The molecular formula is C20H23N5O2S. The van der Waals surface area contributed by atoms with Crippen LogP contribution in [-0.2, 0) is 0 Å². The summed E-state index contributed by atoms with van der Waals surface area (Å²) in [6.45, 7) is 7.20. The van der Waals surface area contributed by atoms with E-state index in [1.807, 2.05) is 49.1 Å². The van der Waals surface area contributed by atoms with Crippen LogP contribution in [0.4, 0.5) is 5.13 Å². The van der Waals surface area contributed by atoms with Crippen LogP contribution in [0, 0.1) is 6.92 Å². The second kappa shape index (κ2) is 8.02. The predicted molar refractivity (Wildman–Crippen MR) is 110 cm³/mol. The molecule has 0 unspecified atom stereocenters. The van der Waals surface area contributed by atoms with Gasteiger partial charge in [-0.3, -0.25) is 4.79 Å². The van der Waals surface area contributed by atoms with Gasteiger partial charge in [-0.15, -0.1) is 11.3 Å². The average molecular weight is 398 g/mol. The smallest absolute Gasteiger partial charge is 0.278 e. The molecule has 146 valence electrons. The topological polar surface area (TPSA) is 63.5 Å². The van der Waals surface area contributed by atoms with Crippen molar-refractivity contribution in [3.63, 3.8) is 0 Å². The number of nitrogens with zero attached hydrogens (tertiary/aromatic N) is 5. The summed E-state index contributed by atoms with van der Waals surface area (Å²) in [5.74, 6) is 0.433. The van der Waals surface area contributed by atoms with E-state index in [2.05, 4.69) is 20.4 Å². The third-order valence-electron chi connectivity index (χ3n) is 4.65. The first-order valence-corrected chi connectivity index (χ1v) is 10.3. The second-order valence-corrected chi connectivity index (χ2v) is 7.44. The van der Waals surface area contributed by atoms with Gasteiger partial charge in [-0.2, -0.15) is 5.10 Å². The Morgan fingerprint density at radius 2 is 1.93 bits per heavy atom. The van der Waals surface area contributed by atoms with Gasteiger partial charge in [-0.25, -0.2) is 9.67 Å². The Balaban J connectivity index is 1.50. The van der Waals surface area contributed by atoms with Crippen LogP contribution in [0.3, 0.4) is 0 Å². The van der Waals surface area contributed by atoms with Gasteiger partial charge in [-0.05, 0) is 26.0 Å². The first-order chi connectivity index (χ1) is 13.7. The molecule has 28 heavy (non-hydrogen) atoms. The minimum atomic E-state index is -0.0897. The van der Waals surface area contributed by atoms with Crippen LogP contribution in [0.25, 0.3) is 5.69 Å². The lowest BCUT2D eigenvalue weighted by Crippen LogP contribution is -2.49. The largest absolute Gasteiger partial charge is 0.490 e. The van der Waals surface area contributed by atoms with Gasteiger partial charge in [-0.1, -0.05) is 18.2 Å². The molecular weight excluding hydrogens is 374 g/mol. The number of para-hydroxylation sites is 1. The third kappa shape index (κ3) is 3.73. The van der Waals surface area contributed by atoms with Crippen LogP contribution in [0.15, 0.2) is 41.9 Å². The van der Waals surface area contributed by atoms with Gasteiger partial charge < -0.3 is 14.5 Å². The lowest BCUT2D eigenvalue weighted by Gasteiger charge is -2.34. The predicted octanol–water partition coefficient (Wildman–Crippen LogP) is 3.00. The van der Waals surface area contributed by atoms with Crippen molar-refractivity contribution < 1.29 is 9.53 Å². The molecule has 2 aromatic heterocycles. The number of rotatable bonds is 5. The number of anilines is 1. The highest BCUT2D eigenvalue weighted by Gasteiger charge is 2.28. The standard InChI is InChI=1S/C20H23N5O2S/c1-3-27-17-13-25(16-7-5-4-6-8-16)22-18(17)19(26)23-9-11-24(12-10-23)20-21-15(2)14-28-20/h4-8,13-14H,3,9-12H2,1-2H3. The first-order valence-electron chi connectivity index (χ1n) is 9.40. The van der Waals surface area contributed by atoms with Crippen LogP contribution >= 0.6 is 11.3 Å². The van der Waals surface area contributed by atoms with E-state index in [0.717, 1.165) is 29.6 Å². The fourth-order valence-corrected chi connectivity index (χ4v) is 4.07. The summed E-state index contributed by atoms with van der Waals surface area (Å²) in [5, 5.41) is 7.61. The monoisotopic (exact) mass is 397 g/mol. The summed E-state index contributed by atoms with van der Waals surface area (Å²) in [4.78, 5) is 21.7. The van der Waals surface area contributed by atoms with E-state index >= 15 is 0 Å². The Kier molecular flexibility index (Phi) is 5.29. The van der Waals surface area contributed by atoms with Crippen LogP contribution in [0.2, 0.25) is 0 Å². The SMILES string of the molecule is CCOc1cn(-c2ccccc2)nc1C(=O)N1CCN(c2nc(C)cs2)CC1. The number of ether oxygens (including phenoxy) is 1. The van der Waals surface area contributed by atoms with Crippen molar-refractivity contribution in [3.8, 4) is 11.4 Å². The van der Waals surface area contributed by atoms with Crippen molar-refractivity contribution in [1.82, 2.24) is 19.7 Å². The minimum absolute atomic E-state index is 0.0897. The first kappa shape index (κ1) is 18.5. The fraction of sp³-hybridized carbons (Fsp3) is 0.350. The van der Waals surface area contributed by atoms with Crippen molar-refractivity contribution in [3.05, 3.63) is 53.3 Å². The molecule has 0 radical (unpaired) electrons. The van der Waals surface area contributed by atoms with Gasteiger partial charge in [0, 0.05) is 31.6 Å². The summed E-state index contributed by atoms with van der Waals surface area (Å²) in [5.41, 5.74) is 2.29. The quantitative estimate of drug-likeness (QED) is 0.662. The lowest BCUT2D eigenvalue weighted by molar-refractivity contribution is 0.0736. The van der Waals surface area contributed by atoms with Gasteiger partial charge in [0.25, 0.3) is 5.91 Å². The summed E-state index contributed by atoms with van der Waals surface area (Å²) in [6.07, 6.45) is 1.78. The highest BCUT2D eigenvalue weighted by molar-refractivity contribution is 7.13. The Morgan fingerprint density at radius 3 is 2.57 bits per heavy atom. The van der Waals surface area contributed by atoms with Crippen molar-refractivity contribution in [2.75, 3.05) is 37.7 Å². The van der Waals surface area contributed by atoms with E-state index in [4.69, 9.17) is 4.74 Å². The summed E-state index contributed by atoms with van der Waals surface area (Å²) >= 11 is 1.65. The van der Waals surface area contributed by atoms with E-state index in [1.54, 1.807) is 22.2 Å². The summed E-state index contributed by atoms with van der Waals surface area (Å²) < 4.78 is 7.40. The fourth-order valence-electron chi connectivity index (χ4n) is 3.22. The number of thiazole rings is 1. The van der Waals surface area contributed by atoms with Crippen molar-refractivity contribution in [2.45, 2.75) is 13.8 Å². The van der Waals surface area contributed by atoms with E-state index < -0.39 is 0 Å². The maximum absolute atomic E-state index is 13.1. The van der Waals surface area contributed by atoms with Crippen molar-refractivity contribution in [2.24, 2.45) is 0 Å². The number of hydrogen-bond acceptors (Lipinski definition) is 6. The number of piperazine rings is 1. The molecule has 0 spiro atoms. The van der Waals surface area contributed by atoms with E-state index in [9.17, 15) is 4.79 Å². The number of benzene rings is 1. The molecule has 1 amide bonds. The number of aromatic nitrogens is 3. The molecule has 3 aromatic rings. The normalized spacial score (nSPS) is 14.4. The molecule has 1 fully saturated rings. The molecule has 8 heteroatoms. The maximum atomic E-state index is 13.1. The van der Waals surface area contributed by atoms with E-state index in [0.29, 0.717) is 31.1 Å². The minimum Gasteiger partial charge on any atom is -0.490 e. The molecule has 0 aliphatic carbocycles. The van der Waals surface area contributed by atoms with Gasteiger partial charge in [0.2, 0.25) is 0 Å². The summed E-state index contributed by atoms with van der Waals surface area (Å²) in [6, 6.07) is 9.74. The lowest BCUT2D eigenvalue weighted by atomic mass is 10.2. The third-order valence-corrected chi connectivity index (χ3v) is 5.67. The van der Waals surface area contributed by atoms with Crippen molar-refractivity contribution in [1.29, 1.82) is 0 Å². The Hall–Kier alpha value is -2.87. The van der Waals surface area contributed by atoms with E-state index in [-0.39, 0.29) is 5.91 Å². The molecule has 0 N–H and O–H groups in total. The van der Waals surface area contributed by atoms with Crippen LogP contribution < -0.4 is 9.64 Å². The molecule has 7 nitrogen and oxygen atoms in total. The molecule has 0 bridgehead atoms. The number of hydrogen-bond donors (Lipinski definition) is 0. The van der Waals surface area contributed by atoms with Crippen LogP contribution in [-0.4, -0.2) is 58.4 Å². The van der Waals surface area contributed by atoms with Crippen LogP contribution in [0.1, 0.15) is 23.1 Å². The zero-order valence-corrected chi connectivity index (χ0v) is 16.9. The molecule has 0 saturated carbocycles. The Labute approximate surface area is 168 Å². The Bertz CT molecular complexity index is 945. The van der Waals surface area contributed by atoms with Gasteiger partial charge in [0.15, 0.2) is 16.6 Å². The maximum Gasteiger partial charge on any atom is 0.278 e. The molecule has 4 rings (SSSR count). The molecule has 1 aliphatic rings.